The van der Waals surface area contributed by atoms with Gasteiger partial charge >= 0.3 is 0 Å². The second-order valence-electron chi connectivity index (χ2n) is 5.86. The Morgan fingerprint density at radius 1 is 1.09 bits per heavy atom. The Morgan fingerprint density at radius 2 is 1.87 bits per heavy atom. The number of morpholine rings is 1. The van der Waals surface area contributed by atoms with Crippen LogP contribution >= 0.6 is 0 Å². The predicted octanol–water partition coefficient (Wildman–Crippen LogP) is 4.03. The zero-order valence-electron chi connectivity index (χ0n) is 13.6. The van der Waals surface area contributed by atoms with E-state index in [1.54, 1.807) is 6.21 Å². The average Bonchev–Trinajstić information content (AvgIpc) is 2.55. The van der Waals surface area contributed by atoms with Crippen molar-refractivity contribution >= 4 is 17.6 Å². The molecule has 23 heavy (non-hydrogen) atoms. The Labute approximate surface area is 136 Å². The molecule has 4 heteroatoms. The molecule has 0 unspecified atom stereocenters. The fourth-order valence-electron chi connectivity index (χ4n) is 2.76. The topological polar surface area (TPSA) is 24.8 Å². The van der Waals surface area contributed by atoms with Crippen molar-refractivity contribution in [3.63, 3.8) is 0 Å². The van der Waals surface area contributed by atoms with Gasteiger partial charge < -0.3 is 9.64 Å². The summed E-state index contributed by atoms with van der Waals surface area (Å²) >= 11 is 0. The third-order valence-electron chi connectivity index (χ3n) is 4.03. The molecule has 2 aromatic rings. The van der Waals surface area contributed by atoms with Crippen LogP contribution in [0.4, 0.5) is 15.8 Å². The molecule has 0 amide bonds. The molecule has 1 saturated heterocycles. The molecular weight excluding hydrogens is 291 g/mol. The van der Waals surface area contributed by atoms with E-state index < -0.39 is 0 Å². The number of aliphatic imine (C=N–C) groups is 1. The Bertz CT molecular complexity index is 721. The van der Waals surface area contributed by atoms with Gasteiger partial charge in [-0.3, -0.25) is 4.99 Å². The molecule has 3 nitrogen and oxygen atoms in total. The highest BCUT2D eigenvalue weighted by atomic mass is 19.1. The minimum absolute atomic E-state index is 0.212. The molecule has 0 bridgehead atoms. The second-order valence-corrected chi connectivity index (χ2v) is 5.86. The molecule has 3 rings (SSSR count). The van der Waals surface area contributed by atoms with E-state index in [2.05, 4.69) is 18.0 Å². The molecule has 0 N–H and O–H groups in total. The Kier molecular flexibility index (Phi) is 4.72. The highest BCUT2D eigenvalue weighted by molar-refractivity contribution is 5.83. The van der Waals surface area contributed by atoms with Gasteiger partial charge in [0, 0.05) is 19.3 Å². The molecule has 0 aromatic heterocycles. The van der Waals surface area contributed by atoms with Crippen molar-refractivity contribution in [1.82, 2.24) is 0 Å². The highest BCUT2D eigenvalue weighted by Gasteiger charge is 2.14. The number of benzene rings is 2. The lowest BCUT2D eigenvalue weighted by Gasteiger charge is -2.29. The predicted molar refractivity (Wildman–Crippen MR) is 92.6 cm³/mol. The number of anilines is 1. The van der Waals surface area contributed by atoms with Crippen LogP contribution in [0.3, 0.4) is 0 Å². The van der Waals surface area contributed by atoms with Crippen molar-refractivity contribution in [3.8, 4) is 0 Å². The number of ether oxygens (including phenoxy) is 1. The van der Waals surface area contributed by atoms with Gasteiger partial charge in [0.15, 0.2) is 0 Å². The molecule has 1 aliphatic heterocycles. The van der Waals surface area contributed by atoms with Crippen LogP contribution < -0.4 is 4.90 Å². The van der Waals surface area contributed by atoms with Crippen LogP contribution in [-0.4, -0.2) is 32.5 Å². The summed E-state index contributed by atoms with van der Waals surface area (Å²) in [6.07, 6.45) is 1.71. The van der Waals surface area contributed by atoms with Gasteiger partial charge in [-0.05, 0) is 43.2 Å². The maximum Gasteiger partial charge on any atom is 0.147 e. The smallest absolute Gasteiger partial charge is 0.147 e. The number of aryl methyl sites for hydroxylation is 2. The van der Waals surface area contributed by atoms with Gasteiger partial charge in [0.1, 0.15) is 5.82 Å². The van der Waals surface area contributed by atoms with Gasteiger partial charge in [-0.2, -0.15) is 0 Å². The lowest BCUT2D eigenvalue weighted by Crippen LogP contribution is -2.36. The molecule has 0 aliphatic carbocycles. The maximum absolute atomic E-state index is 14.3. The summed E-state index contributed by atoms with van der Waals surface area (Å²) in [7, 11) is 0. The summed E-state index contributed by atoms with van der Waals surface area (Å²) in [6.45, 7) is 6.84. The van der Waals surface area contributed by atoms with E-state index in [1.807, 2.05) is 36.1 Å². The first-order chi connectivity index (χ1) is 11.1. The fraction of sp³-hybridized carbons (Fsp3) is 0.316. The van der Waals surface area contributed by atoms with E-state index in [9.17, 15) is 4.39 Å². The van der Waals surface area contributed by atoms with Crippen LogP contribution in [0.1, 0.15) is 16.7 Å². The van der Waals surface area contributed by atoms with Crippen LogP contribution in [0.2, 0.25) is 0 Å². The first kappa shape index (κ1) is 15.7. The Balaban J connectivity index is 1.78. The van der Waals surface area contributed by atoms with E-state index in [1.165, 1.54) is 11.6 Å². The summed E-state index contributed by atoms with van der Waals surface area (Å²) < 4.78 is 19.7. The van der Waals surface area contributed by atoms with Crippen LogP contribution in [0, 0.1) is 19.7 Å². The normalized spacial score (nSPS) is 15.3. The largest absolute Gasteiger partial charge is 0.378 e. The molecule has 120 valence electrons. The standard InChI is InChI=1S/C19H21FN2O/c1-14-3-5-18(15(2)11-14)21-13-16-4-6-19(17(20)12-16)22-7-9-23-10-8-22/h3-6,11-13H,7-10H2,1-2H3. The van der Waals surface area contributed by atoms with Gasteiger partial charge in [-0.25, -0.2) is 4.39 Å². The highest BCUT2D eigenvalue weighted by Crippen LogP contribution is 2.22. The van der Waals surface area contributed by atoms with Gasteiger partial charge in [-0.1, -0.05) is 23.8 Å². The van der Waals surface area contributed by atoms with E-state index in [0.29, 0.717) is 18.9 Å². The SMILES string of the molecule is Cc1ccc(N=Cc2ccc(N3CCOCC3)c(F)c2)c(C)c1. The van der Waals surface area contributed by atoms with Crippen molar-refractivity contribution in [1.29, 1.82) is 0 Å². The van der Waals surface area contributed by atoms with Crippen LogP contribution in [0.5, 0.6) is 0 Å². The number of nitrogens with zero attached hydrogens (tertiary/aromatic N) is 2. The minimum Gasteiger partial charge on any atom is -0.378 e. The summed E-state index contributed by atoms with van der Waals surface area (Å²) in [5.74, 6) is -0.212. The first-order valence-electron chi connectivity index (χ1n) is 7.87. The molecule has 0 atom stereocenters. The zero-order chi connectivity index (χ0) is 16.2. The molecule has 0 spiro atoms. The molecular formula is C19H21FN2O. The molecule has 0 saturated carbocycles. The van der Waals surface area contributed by atoms with E-state index in [0.717, 1.165) is 29.9 Å². The lowest BCUT2D eigenvalue weighted by molar-refractivity contribution is 0.122. The van der Waals surface area contributed by atoms with Gasteiger partial charge in [-0.15, -0.1) is 0 Å². The lowest BCUT2D eigenvalue weighted by atomic mass is 10.1. The third kappa shape index (κ3) is 3.77. The molecule has 1 aliphatic rings. The molecule has 1 fully saturated rings. The number of hydrogen-bond acceptors (Lipinski definition) is 3. The van der Waals surface area contributed by atoms with Crippen molar-refractivity contribution in [3.05, 3.63) is 58.9 Å². The quantitative estimate of drug-likeness (QED) is 0.799. The first-order valence-corrected chi connectivity index (χ1v) is 7.87. The van der Waals surface area contributed by atoms with Crippen LogP contribution in [0.15, 0.2) is 41.4 Å². The summed E-state index contributed by atoms with van der Waals surface area (Å²) in [6, 6.07) is 11.4. The Morgan fingerprint density at radius 3 is 2.57 bits per heavy atom. The monoisotopic (exact) mass is 312 g/mol. The Hall–Kier alpha value is -2.20. The van der Waals surface area contributed by atoms with Crippen molar-refractivity contribution < 1.29 is 9.13 Å². The van der Waals surface area contributed by atoms with Crippen molar-refractivity contribution in [2.75, 3.05) is 31.2 Å². The third-order valence-corrected chi connectivity index (χ3v) is 4.03. The van der Waals surface area contributed by atoms with E-state index >= 15 is 0 Å². The second kappa shape index (κ2) is 6.92. The minimum atomic E-state index is -0.212. The van der Waals surface area contributed by atoms with E-state index in [-0.39, 0.29) is 5.82 Å². The van der Waals surface area contributed by atoms with Crippen LogP contribution in [-0.2, 0) is 4.74 Å². The van der Waals surface area contributed by atoms with Gasteiger partial charge in [0.05, 0.1) is 24.6 Å². The maximum atomic E-state index is 14.3. The van der Waals surface area contributed by atoms with Crippen LogP contribution in [0.25, 0.3) is 0 Å². The summed E-state index contributed by atoms with van der Waals surface area (Å²) in [4.78, 5) is 6.49. The average molecular weight is 312 g/mol. The molecule has 0 radical (unpaired) electrons. The summed E-state index contributed by atoms with van der Waals surface area (Å²) in [5.41, 5.74) is 4.64. The fourth-order valence-corrected chi connectivity index (χ4v) is 2.76. The summed E-state index contributed by atoms with van der Waals surface area (Å²) in [5, 5.41) is 0. The van der Waals surface area contributed by atoms with E-state index in [4.69, 9.17) is 4.74 Å². The van der Waals surface area contributed by atoms with Crippen molar-refractivity contribution in [2.45, 2.75) is 13.8 Å². The zero-order valence-corrected chi connectivity index (χ0v) is 13.6. The molecule has 2 aromatic carbocycles. The van der Waals surface area contributed by atoms with Gasteiger partial charge in [0.2, 0.25) is 0 Å². The van der Waals surface area contributed by atoms with Gasteiger partial charge in [0.25, 0.3) is 0 Å². The number of rotatable bonds is 3. The number of hydrogen-bond donors (Lipinski definition) is 0. The van der Waals surface area contributed by atoms with Crippen molar-refractivity contribution in [2.24, 2.45) is 4.99 Å². The number of halogens is 1. The molecule has 1 heterocycles.